The van der Waals surface area contributed by atoms with Crippen LogP contribution in [0.25, 0.3) is 55.4 Å². The van der Waals surface area contributed by atoms with E-state index in [-0.39, 0.29) is 5.92 Å². The van der Waals surface area contributed by atoms with E-state index >= 15 is 0 Å². The molecule has 0 bridgehead atoms. The lowest BCUT2D eigenvalue weighted by Gasteiger charge is -2.27. The van der Waals surface area contributed by atoms with Crippen molar-refractivity contribution in [2.45, 2.75) is 38.0 Å². The maximum Gasteiger partial charge on any atom is 0.135 e. The summed E-state index contributed by atoms with van der Waals surface area (Å²) in [7, 11) is 0. The second-order valence-corrected chi connectivity index (χ2v) is 14.8. The minimum atomic E-state index is 0.207. The first-order valence-corrected chi connectivity index (χ1v) is 18.3. The molecule has 3 heteroatoms. The predicted octanol–water partition coefficient (Wildman–Crippen LogP) is 12.0. The molecule has 3 aliphatic rings. The molecule has 3 nitrogen and oxygen atoms in total. The van der Waals surface area contributed by atoms with Crippen molar-refractivity contribution < 1.29 is 4.42 Å². The van der Waals surface area contributed by atoms with E-state index < -0.39 is 0 Å². The predicted molar refractivity (Wildman–Crippen MR) is 209 cm³/mol. The smallest absolute Gasteiger partial charge is 0.135 e. The number of aromatic nitrogens is 2. The molecular weight excluding hydrogens is 621 g/mol. The summed E-state index contributed by atoms with van der Waals surface area (Å²) in [5, 5.41) is 2.32. The average Bonchev–Trinajstić information content (AvgIpc) is 3.83. The molecule has 8 aromatic rings. The number of allylic oxidation sites excluding steroid dienone is 4. The van der Waals surface area contributed by atoms with Gasteiger partial charge in [-0.3, -0.25) is 4.57 Å². The van der Waals surface area contributed by atoms with Crippen LogP contribution >= 0.6 is 0 Å². The van der Waals surface area contributed by atoms with Crippen LogP contribution < -0.4 is 0 Å². The molecule has 3 atom stereocenters. The number of hydrogen-bond donors (Lipinski definition) is 0. The SMILES string of the molecule is CC1C=CC2=C(C1)c1ccccc1C2Cc1cccc(-c2ccc3oc4ccc(C5Cc6nc7ccccc7n6-c6ccccc65)cc4c3c2)c1. The molecule has 0 saturated carbocycles. The summed E-state index contributed by atoms with van der Waals surface area (Å²) in [6, 6.07) is 49.0. The fourth-order valence-corrected chi connectivity index (χ4v) is 9.29. The molecule has 3 heterocycles. The van der Waals surface area contributed by atoms with Crippen molar-refractivity contribution in [3.63, 3.8) is 0 Å². The van der Waals surface area contributed by atoms with Crippen LogP contribution in [0, 0.1) is 5.92 Å². The highest BCUT2D eigenvalue weighted by molar-refractivity contribution is 6.06. The van der Waals surface area contributed by atoms with Crippen LogP contribution in [0.3, 0.4) is 0 Å². The molecule has 11 rings (SSSR count). The summed E-state index contributed by atoms with van der Waals surface area (Å²) in [5.74, 6) is 2.31. The van der Waals surface area contributed by atoms with Crippen LogP contribution in [0.4, 0.5) is 0 Å². The maximum atomic E-state index is 6.43. The number of hydrogen-bond acceptors (Lipinski definition) is 2. The zero-order valence-corrected chi connectivity index (χ0v) is 28.5. The standard InChI is InChI=1S/C48H36N2O/c1-29-17-20-36-39(23-29)34-11-2-3-12-35(34)40(36)25-30-9-8-10-31(24-30)32-18-21-46-41(26-32)42-27-33(19-22-47(42)51-46)38-28-48-49-43-14-5-7-16-45(43)50(48)44-15-6-4-13-37(38)44/h2-22,24,26-27,29,38,40H,23,25,28H2,1H3. The van der Waals surface area contributed by atoms with Gasteiger partial charge in [-0.15, -0.1) is 0 Å². The Balaban J connectivity index is 0.959. The van der Waals surface area contributed by atoms with Gasteiger partial charge in [-0.2, -0.15) is 0 Å². The van der Waals surface area contributed by atoms with Crippen LogP contribution in [0.2, 0.25) is 0 Å². The third-order valence-corrected chi connectivity index (χ3v) is 11.7. The minimum Gasteiger partial charge on any atom is -0.456 e. The molecule has 0 saturated heterocycles. The Morgan fingerprint density at radius 3 is 2.43 bits per heavy atom. The van der Waals surface area contributed by atoms with Gasteiger partial charge in [-0.25, -0.2) is 4.98 Å². The van der Waals surface area contributed by atoms with Crippen molar-refractivity contribution in [1.29, 1.82) is 0 Å². The van der Waals surface area contributed by atoms with Gasteiger partial charge in [-0.05, 0) is 111 Å². The average molecular weight is 657 g/mol. The van der Waals surface area contributed by atoms with Crippen molar-refractivity contribution >= 4 is 38.5 Å². The summed E-state index contributed by atoms with van der Waals surface area (Å²) in [6.07, 6.45) is 7.79. The van der Waals surface area contributed by atoms with Crippen molar-refractivity contribution in [3.05, 3.63) is 185 Å². The molecule has 244 valence electrons. The maximum absolute atomic E-state index is 6.43. The quantitative estimate of drug-likeness (QED) is 0.189. The summed E-state index contributed by atoms with van der Waals surface area (Å²) < 4.78 is 8.77. The van der Waals surface area contributed by atoms with Crippen LogP contribution in [0.5, 0.6) is 0 Å². The van der Waals surface area contributed by atoms with Crippen LogP contribution in [0.15, 0.2) is 156 Å². The van der Waals surface area contributed by atoms with Gasteiger partial charge in [0, 0.05) is 29.0 Å². The van der Waals surface area contributed by atoms with E-state index in [1.807, 2.05) is 0 Å². The molecule has 0 N–H and O–H groups in total. The molecular formula is C48H36N2O. The third-order valence-electron chi connectivity index (χ3n) is 11.7. The van der Waals surface area contributed by atoms with Gasteiger partial charge in [0.1, 0.15) is 17.0 Å². The fourth-order valence-electron chi connectivity index (χ4n) is 9.29. The molecule has 51 heavy (non-hydrogen) atoms. The monoisotopic (exact) mass is 656 g/mol. The molecule has 1 aliphatic heterocycles. The Kier molecular flexibility index (Phi) is 6.25. The normalized spacial score (nSPS) is 19.0. The lowest BCUT2D eigenvalue weighted by molar-refractivity contribution is 0.667. The van der Waals surface area contributed by atoms with E-state index in [4.69, 9.17) is 9.40 Å². The Morgan fingerprint density at radius 1 is 0.706 bits per heavy atom. The fraction of sp³-hybridized carbons (Fsp3) is 0.146. The van der Waals surface area contributed by atoms with Gasteiger partial charge >= 0.3 is 0 Å². The number of furan rings is 1. The van der Waals surface area contributed by atoms with Crippen LogP contribution in [-0.4, -0.2) is 9.55 Å². The molecule has 6 aromatic carbocycles. The Labute approximate surface area is 297 Å². The molecule has 0 radical (unpaired) electrons. The van der Waals surface area contributed by atoms with E-state index in [0.29, 0.717) is 11.8 Å². The Bertz CT molecular complexity index is 2770. The third kappa shape index (κ3) is 4.47. The number of rotatable bonds is 4. The van der Waals surface area contributed by atoms with Crippen molar-refractivity contribution in [2.24, 2.45) is 5.92 Å². The minimum absolute atomic E-state index is 0.207. The van der Waals surface area contributed by atoms with Crippen LogP contribution in [-0.2, 0) is 12.8 Å². The second-order valence-electron chi connectivity index (χ2n) is 14.8. The number of benzene rings is 6. The van der Waals surface area contributed by atoms with Gasteiger partial charge in [0.25, 0.3) is 0 Å². The number of nitrogens with zero attached hydrogens (tertiary/aromatic N) is 2. The molecule has 3 unspecified atom stereocenters. The van der Waals surface area contributed by atoms with E-state index in [0.717, 1.165) is 52.5 Å². The van der Waals surface area contributed by atoms with Crippen molar-refractivity contribution in [1.82, 2.24) is 9.55 Å². The highest BCUT2D eigenvalue weighted by Crippen LogP contribution is 2.49. The van der Waals surface area contributed by atoms with Gasteiger partial charge in [0.2, 0.25) is 0 Å². The summed E-state index contributed by atoms with van der Waals surface area (Å²) in [6.45, 7) is 2.33. The van der Waals surface area contributed by atoms with E-state index in [1.54, 1.807) is 5.57 Å². The van der Waals surface area contributed by atoms with E-state index in [1.165, 1.54) is 55.7 Å². The summed E-state index contributed by atoms with van der Waals surface area (Å²) in [4.78, 5) is 5.09. The number of imidazole rings is 1. The van der Waals surface area contributed by atoms with Crippen LogP contribution in [0.1, 0.15) is 58.8 Å². The zero-order chi connectivity index (χ0) is 33.6. The molecule has 0 fully saturated rings. The molecule has 0 amide bonds. The van der Waals surface area contributed by atoms with Crippen molar-refractivity contribution in [2.75, 3.05) is 0 Å². The lowest BCUT2D eigenvalue weighted by atomic mass is 9.84. The second kappa shape index (κ2) is 11.0. The highest BCUT2D eigenvalue weighted by Gasteiger charge is 2.32. The largest absolute Gasteiger partial charge is 0.456 e. The highest BCUT2D eigenvalue weighted by atomic mass is 16.3. The lowest BCUT2D eigenvalue weighted by Crippen LogP contribution is -2.18. The Morgan fingerprint density at radius 2 is 1.49 bits per heavy atom. The Hall–Kier alpha value is -5.93. The first-order valence-electron chi connectivity index (χ1n) is 18.3. The summed E-state index contributed by atoms with van der Waals surface area (Å²) >= 11 is 0. The van der Waals surface area contributed by atoms with E-state index in [9.17, 15) is 0 Å². The first kappa shape index (κ1) is 28.9. The first-order chi connectivity index (χ1) is 25.2. The molecule has 0 spiro atoms. The molecule has 2 aliphatic carbocycles. The summed E-state index contributed by atoms with van der Waals surface area (Å²) in [5.41, 5.74) is 17.7. The van der Waals surface area contributed by atoms with E-state index in [2.05, 4.69) is 157 Å². The topological polar surface area (TPSA) is 31.0 Å². The van der Waals surface area contributed by atoms with Gasteiger partial charge < -0.3 is 4.42 Å². The van der Waals surface area contributed by atoms with Gasteiger partial charge in [0.05, 0.1) is 16.7 Å². The van der Waals surface area contributed by atoms with Gasteiger partial charge in [-0.1, -0.05) is 110 Å². The number of para-hydroxylation sites is 3. The van der Waals surface area contributed by atoms with Gasteiger partial charge in [0.15, 0.2) is 0 Å². The molecule has 2 aromatic heterocycles. The van der Waals surface area contributed by atoms with Crippen molar-refractivity contribution in [3.8, 4) is 16.8 Å². The number of fused-ring (bicyclic) bond motifs is 10. The zero-order valence-electron chi connectivity index (χ0n) is 28.5.